The molecule has 0 saturated carbocycles. The average Bonchev–Trinajstić information content (AvgIpc) is 2.81. The number of rotatable bonds is 6. The number of hydrogen-bond acceptors (Lipinski definition) is 4. The lowest BCUT2D eigenvalue weighted by Gasteiger charge is -2.29. The van der Waals surface area contributed by atoms with Crippen LogP contribution < -0.4 is 10.6 Å². The van der Waals surface area contributed by atoms with E-state index in [4.69, 9.17) is 11.2 Å². The Kier molecular flexibility index (Phi) is 7.77. The summed E-state index contributed by atoms with van der Waals surface area (Å²) in [5.41, 5.74) is 0.367. The number of carbonyl (C=O) groups excluding carboxylic acids is 3. The van der Waals surface area contributed by atoms with E-state index in [-0.39, 0.29) is 0 Å². The van der Waals surface area contributed by atoms with Crippen LogP contribution in [-0.2, 0) is 14.3 Å². The summed E-state index contributed by atoms with van der Waals surface area (Å²) in [5.74, 6) is -1.11. The van der Waals surface area contributed by atoms with Crippen LogP contribution in [0, 0.1) is 12.5 Å². The van der Waals surface area contributed by atoms with E-state index in [9.17, 15) is 14.4 Å². The van der Waals surface area contributed by atoms with Crippen molar-refractivity contribution in [2.75, 3.05) is 5.32 Å². The van der Waals surface area contributed by atoms with E-state index in [2.05, 4.69) is 16.7 Å². The molecule has 3 aromatic rings. The number of amides is 3. The molecule has 0 radical (unpaired) electrons. The van der Waals surface area contributed by atoms with Gasteiger partial charge in [-0.1, -0.05) is 67.1 Å². The second kappa shape index (κ2) is 10.7. The highest BCUT2D eigenvalue weighted by atomic mass is 16.6. The van der Waals surface area contributed by atoms with Crippen LogP contribution in [0.1, 0.15) is 39.3 Å². The fraction of sp³-hybridized carbons (Fsp3) is 0.250. The number of nitrogens with zero attached hydrogens (tertiary/aromatic N) is 1. The van der Waals surface area contributed by atoms with Gasteiger partial charge in [0, 0.05) is 11.7 Å². The number of hydrogen-bond donors (Lipinski definition) is 2. The third kappa shape index (κ3) is 6.61. The molecule has 3 amide bonds. The van der Waals surface area contributed by atoms with Crippen molar-refractivity contribution in [3.63, 3.8) is 0 Å². The molecule has 2 atom stereocenters. The van der Waals surface area contributed by atoms with Gasteiger partial charge in [-0.2, -0.15) is 0 Å². The minimum Gasteiger partial charge on any atom is -0.444 e. The molecule has 3 aromatic carbocycles. The molecular formula is C28H29N3O4. The molecule has 0 aliphatic heterocycles. The number of carbonyl (C=O) groups is 3. The molecule has 180 valence electrons. The highest BCUT2D eigenvalue weighted by Gasteiger charge is 2.34. The molecule has 0 spiro atoms. The van der Waals surface area contributed by atoms with E-state index >= 15 is 0 Å². The predicted octanol–water partition coefficient (Wildman–Crippen LogP) is 4.85. The molecule has 0 bridgehead atoms. The summed E-state index contributed by atoms with van der Waals surface area (Å²) in [4.78, 5) is 39.9. The van der Waals surface area contributed by atoms with Gasteiger partial charge in [0.1, 0.15) is 17.7 Å². The second-order valence-corrected chi connectivity index (χ2v) is 9.07. The van der Waals surface area contributed by atoms with E-state index in [1.807, 2.05) is 36.4 Å². The summed E-state index contributed by atoms with van der Waals surface area (Å²) in [6.07, 6.45) is 4.96. The maximum Gasteiger partial charge on any atom is 0.408 e. The molecule has 0 aliphatic rings. The van der Waals surface area contributed by atoms with Crippen molar-refractivity contribution >= 4 is 34.4 Å². The van der Waals surface area contributed by atoms with E-state index in [0.717, 1.165) is 15.7 Å². The molecule has 0 fully saturated rings. The fourth-order valence-corrected chi connectivity index (χ4v) is 3.55. The third-order valence-electron chi connectivity index (χ3n) is 5.12. The maximum absolute atomic E-state index is 13.5. The van der Waals surface area contributed by atoms with Crippen molar-refractivity contribution in [2.45, 2.75) is 45.4 Å². The third-order valence-corrected chi connectivity index (χ3v) is 5.12. The Morgan fingerprint density at radius 2 is 1.57 bits per heavy atom. The molecule has 0 aliphatic carbocycles. The zero-order valence-corrected chi connectivity index (χ0v) is 20.2. The zero-order chi connectivity index (χ0) is 25.6. The SMILES string of the molecule is C#CN(C(=O)C(C)NC(=O)OC(C)(C)C)C(C(=O)Nc1ccc2ccccc2c1)c1ccccc1. The van der Waals surface area contributed by atoms with Gasteiger partial charge in [0.2, 0.25) is 0 Å². The Bertz CT molecular complexity index is 1260. The van der Waals surface area contributed by atoms with E-state index in [1.165, 1.54) is 6.92 Å². The highest BCUT2D eigenvalue weighted by molar-refractivity contribution is 6.00. The van der Waals surface area contributed by atoms with Gasteiger partial charge in [0.25, 0.3) is 11.8 Å². The Labute approximate surface area is 205 Å². The number of ether oxygens (including phenoxy) is 1. The standard InChI is InChI=1S/C28H29N3O4/c1-6-31(26(33)19(2)29-27(34)35-28(3,4)5)24(21-13-8-7-9-14-21)25(32)30-23-17-16-20-12-10-11-15-22(20)18-23/h1,7-19,24H,2-5H3,(H,29,34)(H,30,32). The quantitative estimate of drug-likeness (QED) is 0.397. The van der Waals surface area contributed by atoms with Gasteiger partial charge < -0.3 is 15.4 Å². The van der Waals surface area contributed by atoms with Gasteiger partial charge in [0.15, 0.2) is 0 Å². The lowest BCUT2D eigenvalue weighted by atomic mass is 10.0. The lowest BCUT2D eigenvalue weighted by molar-refractivity contribution is -0.136. The summed E-state index contributed by atoms with van der Waals surface area (Å²) in [6.45, 7) is 6.64. The van der Waals surface area contributed by atoms with Crippen LogP contribution in [0.3, 0.4) is 0 Å². The van der Waals surface area contributed by atoms with Gasteiger partial charge in [-0.3, -0.25) is 14.5 Å². The van der Waals surface area contributed by atoms with Crippen LogP contribution in [0.25, 0.3) is 10.8 Å². The van der Waals surface area contributed by atoms with Crippen LogP contribution >= 0.6 is 0 Å². The summed E-state index contributed by atoms with van der Waals surface area (Å²) in [6, 6.07) is 22.2. The van der Waals surface area contributed by atoms with Crippen molar-refractivity contribution in [1.29, 1.82) is 0 Å². The molecular weight excluding hydrogens is 442 g/mol. The molecule has 35 heavy (non-hydrogen) atoms. The van der Waals surface area contributed by atoms with Crippen LogP contribution in [0.2, 0.25) is 0 Å². The first-order valence-corrected chi connectivity index (χ1v) is 11.2. The smallest absolute Gasteiger partial charge is 0.408 e. The van der Waals surface area contributed by atoms with Crippen LogP contribution in [0.15, 0.2) is 72.8 Å². The van der Waals surface area contributed by atoms with Crippen molar-refractivity contribution < 1.29 is 19.1 Å². The number of anilines is 1. The normalized spacial score (nSPS) is 12.7. The molecule has 7 nitrogen and oxygen atoms in total. The van der Waals surface area contributed by atoms with E-state index < -0.39 is 35.6 Å². The second-order valence-electron chi connectivity index (χ2n) is 9.07. The van der Waals surface area contributed by atoms with Gasteiger partial charge >= 0.3 is 6.09 Å². The number of alkyl carbamates (subject to hydrolysis) is 1. The average molecular weight is 472 g/mol. The largest absolute Gasteiger partial charge is 0.444 e. The Morgan fingerprint density at radius 3 is 2.20 bits per heavy atom. The molecule has 3 rings (SSSR count). The Balaban J connectivity index is 1.87. The number of nitrogens with one attached hydrogen (secondary N) is 2. The van der Waals surface area contributed by atoms with Crippen LogP contribution in [0.5, 0.6) is 0 Å². The van der Waals surface area contributed by atoms with Crippen LogP contribution in [0.4, 0.5) is 10.5 Å². The van der Waals surface area contributed by atoms with Crippen molar-refractivity contribution in [3.05, 3.63) is 78.4 Å². The summed E-state index contributed by atoms with van der Waals surface area (Å²) >= 11 is 0. The van der Waals surface area contributed by atoms with Gasteiger partial charge in [-0.15, -0.1) is 0 Å². The maximum atomic E-state index is 13.5. The minimum absolute atomic E-state index is 0.484. The van der Waals surface area contributed by atoms with Crippen molar-refractivity contribution in [2.24, 2.45) is 0 Å². The Hall–Kier alpha value is -4.31. The number of fused-ring (bicyclic) bond motifs is 1. The van der Waals surface area contributed by atoms with Gasteiger partial charge in [0.05, 0.1) is 0 Å². The monoisotopic (exact) mass is 471 g/mol. The molecule has 2 unspecified atom stereocenters. The number of terminal acetylenes is 1. The zero-order valence-electron chi connectivity index (χ0n) is 20.2. The molecule has 7 heteroatoms. The number of benzene rings is 3. The summed E-state index contributed by atoms with van der Waals surface area (Å²) in [7, 11) is 0. The highest BCUT2D eigenvalue weighted by Crippen LogP contribution is 2.25. The molecule has 0 saturated heterocycles. The van der Waals surface area contributed by atoms with Crippen molar-refractivity contribution in [1.82, 2.24) is 10.2 Å². The van der Waals surface area contributed by atoms with E-state index in [1.54, 1.807) is 57.2 Å². The predicted molar refractivity (Wildman–Crippen MR) is 136 cm³/mol. The van der Waals surface area contributed by atoms with E-state index in [0.29, 0.717) is 11.3 Å². The first-order valence-electron chi connectivity index (χ1n) is 11.2. The molecule has 0 aromatic heterocycles. The Morgan fingerprint density at radius 1 is 0.943 bits per heavy atom. The molecule has 2 N–H and O–H groups in total. The van der Waals surface area contributed by atoms with Crippen LogP contribution in [-0.4, -0.2) is 34.5 Å². The summed E-state index contributed by atoms with van der Waals surface area (Å²) < 4.78 is 5.23. The van der Waals surface area contributed by atoms with Gasteiger partial charge in [-0.05, 0) is 56.2 Å². The lowest BCUT2D eigenvalue weighted by Crippen LogP contribution is -2.49. The summed E-state index contributed by atoms with van der Waals surface area (Å²) in [5, 5.41) is 7.35. The van der Waals surface area contributed by atoms with Gasteiger partial charge in [-0.25, -0.2) is 4.79 Å². The minimum atomic E-state index is -1.12. The first kappa shape index (κ1) is 25.3. The van der Waals surface area contributed by atoms with Crippen molar-refractivity contribution in [3.8, 4) is 12.5 Å². The topological polar surface area (TPSA) is 87.7 Å². The fourth-order valence-electron chi connectivity index (χ4n) is 3.55. The first-order chi connectivity index (χ1) is 16.6. The molecule has 0 heterocycles.